The van der Waals surface area contributed by atoms with Crippen molar-refractivity contribution in [2.24, 2.45) is 0 Å². The number of hydrogen-bond donors (Lipinski definition) is 1. The Kier molecular flexibility index (Phi) is 4.61. The minimum absolute atomic E-state index is 0.691. The van der Waals surface area contributed by atoms with E-state index in [1.165, 1.54) is 24.0 Å². The van der Waals surface area contributed by atoms with Gasteiger partial charge in [-0.2, -0.15) is 0 Å². The predicted molar refractivity (Wildman–Crippen MR) is 75.1 cm³/mol. The molecule has 1 heterocycles. The maximum atomic E-state index is 5.45. The van der Waals surface area contributed by atoms with Gasteiger partial charge in [-0.25, -0.2) is 0 Å². The average molecular weight is 248 g/mol. The summed E-state index contributed by atoms with van der Waals surface area (Å²) in [6.07, 6.45) is 2.48. The molecule has 0 atom stereocenters. The van der Waals surface area contributed by atoms with Crippen LogP contribution in [0.5, 0.6) is 5.75 Å². The van der Waals surface area contributed by atoms with Crippen LogP contribution in [0.25, 0.3) is 0 Å². The van der Waals surface area contributed by atoms with E-state index >= 15 is 0 Å². The van der Waals surface area contributed by atoms with Crippen molar-refractivity contribution in [3.8, 4) is 5.75 Å². The van der Waals surface area contributed by atoms with Crippen LogP contribution in [-0.2, 0) is 6.54 Å². The van der Waals surface area contributed by atoms with Crippen LogP contribution in [0.2, 0.25) is 0 Å². The smallest absolute Gasteiger partial charge is 0.123 e. The van der Waals surface area contributed by atoms with E-state index in [0.29, 0.717) is 6.04 Å². The third-order valence-electron chi connectivity index (χ3n) is 3.79. The van der Waals surface area contributed by atoms with Gasteiger partial charge in [-0.15, -0.1) is 0 Å². The van der Waals surface area contributed by atoms with Crippen LogP contribution in [0.1, 0.15) is 24.0 Å². The van der Waals surface area contributed by atoms with Crippen LogP contribution in [0.3, 0.4) is 0 Å². The molecule has 1 aliphatic rings. The molecule has 1 aliphatic heterocycles. The Hall–Kier alpha value is -1.06. The number of nitrogens with one attached hydrogen (secondary N) is 1. The number of benzene rings is 1. The lowest BCUT2D eigenvalue weighted by Gasteiger charge is -2.32. The van der Waals surface area contributed by atoms with Gasteiger partial charge in [-0.05, 0) is 46.0 Å². The Labute approximate surface area is 110 Å². The molecule has 18 heavy (non-hydrogen) atoms. The maximum Gasteiger partial charge on any atom is 0.123 e. The molecule has 1 fully saturated rings. The monoisotopic (exact) mass is 248 g/mol. The zero-order chi connectivity index (χ0) is 13.0. The molecule has 1 N–H and O–H groups in total. The molecule has 0 aromatic heterocycles. The van der Waals surface area contributed by atoms with Crippen molar-refractivity contribution in [3.05, 3.63) is 29.3 Å². The van der Waals surface area contributed by atoms with Crippen LogP contribution in [0.15, 0.2) is 18.2 Å². The van der Waals surface area contributed by atoms with Crippen molar-refractivity contribution in [1.29, 1.82) is 0 Å². The van der Waals surface area contributed by atoms with Crippen LogP contribution < -0.4 is 10.1 Å². The summed E-state index contributed by atoms with van der Waals surface area (Å²) in [5.74, 6) is 1.00. The lowest BCUT2D eigenvalue weighted by molar-refractivity contribution is 0.190. The molecule has 3 heteroatoms. The summed E-state index contributed by atoms with van der Waals surface area (Å²) in [7, 11) is 3.97. The summed E-state index contributed by atoms with van der Waals surface area (Å²) in [4.78, 5) is 2.46. The van der Waals surface area contributed by atoms with Crippen molar-refractivity contribution in [1.82, 2.24) is 10.2 Å². The molecule has 1 aromatic rings. The van der Waals surface area contributed by atoms with Crippen molar-refractivity contribution in [2.75, 3.05) is 27.2 Å². The first kappa shape index (κ1) is 13.4. The van der Waals surface area contributed by atoms with Crippen molar-refractivity contribution >= 4 is 0 Å². The molecule has 0 spiro atoms. The van der Waals surface area contributed by atoms with E-state index in [0.717, 1.165) is 25.4 Å². The van der Waals surface area contributed by atoms with Gasteiger partial charge in [-0.1, -0.05) is 17.7 Å². The van der Waals surface area contributed by atoms with E-state index in [-0.39, 0.29) is 0 Å². The van der Waals surface area contributed by atoms with Gasteiger partial charge in [-0.3, -0.25) is 4.90 Å². The first-order valence-corrected chi connectivity index (χ1v) is 6.75. The van der Waals surface area contributed by atoms with Crippen LogP contribution in [0, 0.1) is 6.92 Å². The largest absolute Gasteiger partial charge is 0.496 e. The fourth-order valence-corrected chi connectivity index (χ4v) is 2.68. The Morgan fingerprint density at radius 2 is 2.06 bits per heavy atom. The van der Waals surface area contributed by atoms with Gasteiger partial charge in [0.1, 0.15) is 5.75 Å². The number of nitrogens with zero attached hydrogens (tertiary/aromatic N) is 1. The molecular formula is C15H24N2O. The minimum Gasteiger partial charge on any atom is -0.496 e. The number of aryl methyl sites for hydroxylation is 1. The van der Waals surface area contributed by atoms with E-state index in [4.69, 9.17) is 4.74 Å². The Morgan fingerprint density at radius 3 is 2.72 bits per heavy atom. The van der Waals surface area contributed by atoms with Crippen LogP contribution in [-0.4, -0.2) is 38.2 Å². The Morgan fingerprint density at radius 1 is 1.33 bits per heavy atom. The summed E-state index contributed by atoms with van der Waals surface area (Å²) >= 11 is 0. The minimum atomic E-state index is 0.691. The normalized spacial score (nSPS) is 17.1. The summed E-state index contributed by atoms with van der Waals surface area (Å²) in [6, 6.07) is 7.10. The number of rotatable bonds is 4. The second-order valence-corrected chi connectivity index (χ2v) is 5.21. The third-order valence-corrected chi connectivity index (χ3v) is 3.79. The zero-order valence-corrected chi connectivity index (χ0v) is 11.7. The van der Waals surface area contributed by atoms with Crippen LogP contribution in [0.4, 0.5) is 0 Å². The first-order valence-electron chi connectivity index (χ1n) is 6.75. The first-order chi connectivity index (χ1) is 8.70. The highest BCUT2D eigenvalue weighted by Crippen LogP contribution is 2.23. The average Bonchev–Trinajstić information content (AvgIpc) is 2.40. The fourth-order valence-electron chi connectivity index (χ4n) is 2.68. The molecule has 1 aromatic carbocycles. The molecule has 0 unspecified atom stereocenters. The van der Waals surface area contributed by atoms with Gasteiger partial charge in [0.25, 0.3) is 0 Å². The SMILES string of the molecule is COc1ccc(C)cc1CN(C)C1CCNCC1. The molecule has 0 radical (unpaired) electrons. The lowest BCUT2D eigenvalue weighted by atomic mass is 10.0. The van der Waals surface area contributed by atoms with E-state index in [2.05, 4.69) is 42.4 Å². The van der Waals surface area contributed by atoms with E-state index in [9.17, 15) is 0 Å². The molecule has 3 nitrogen and oxygen atoms in total. The highest BCUT2D eigenvalue weighted by Gasteiger charge is 2.18. The number of hydrogen-bond acceptors (Lipinski definition) is 3. The maximum absolute atomic E-state index is 5.45. The quantitative estimate of drug-likeness (QED) is 0.884. The summed E-state index contributed by atoms with van der Waals surface area (Å²) in [5.41, 5.74) is 2.59. The highest BCUT2D eigenvalue weighted by atomic mass is 16.5. The molecule has 0 saturated carbocycles. The summed E-state index contributed by atoms with van der Waals surface area (Å²) < 4.78 is 5.45. The summed E-state index contributed by atoms with van der Waals surface area (Å²) in [6.45, 7) is 5.38. The van der Waals surface area contributed by atoms with Crippen molar-refractivity contribution < 1.29 is 4.74 Å². The molecule has 0 aliphatic carbocycles. The van der Waals surface area contributed by atoms with E-state index < -0.39 is 0 Å². The Balaban J connectivity index is 2.05. The topological polar surface area (TPSA) is 24.5 Å². The Bertz CT molecular complexity index is 386. The van der Waals surface area contributed by atoms with Gasteiger partial charge in [0.2, 0.25) is 0 Å². The fraction of sp³-hybridized carbons (Fsp3) is 0.600. The molecular weight excluding hydrogens is 224 g/mol. The van der Waals surface area contributed by atoms with Gasteiger partial charge in [0.15, 0.2) is 0 Å². The number of piperidine rings is 1. The second-order valence-electron chi connectivity index (χ2n) is 5.21. The van der Waals surface area contributed by atoms with E-state index in [1.807, 2.05) is 0 Å². The van der Waals surface area contributed by atoms with Crippen LogP contribution >= 0.6 is 0 Å². The molecule has 0 amide bonds. The summed E-state index contributed by atoms with van der Waals surface area (Å²) in [5, 5.41) is 3.41. The highest BCUT2D eigenvalue weighted by molar-refractivity contribution is 5.36. The second kappa shape index (κ2) is 6.21. The molecule has 2 rings (SSSR count). The number of methoxy groups -OCH3 is 1. The zero-order valence-electron chi connectivity index (χ0n) is 11.7. The predicted octanol–water partition coefficient (Wildman–Crippen LogP) is 2.19. The standard InChI is InChI=1S/C15H24N2O/c1-12-4-5-15(18-3)13(10-12)11-17(2)14-6-8-16-9-7-14/h4-5,10,14,16H,6-9,11H2,1-3H3. The lowest BCUT2D eigenvalue weighted by Crippen LogP contribution is -2.40. The third kappa shape index (κ3) is 3.24. The van der Waals surface area contributed by atoms with Crippen molar-refractivity contribution in [2.45, 2.75) is 32.4 Å². The van der Waals surface area contributed by atoms with Crippen molar-refractivity contribution in [3.63, 3.8) is 0 Å². The van der Waals surface area contributed by atoms with Gasteiger partial charge < -0.3 is 10.1 Å². The van der Waals surface area contributed by atoms with Gasteiger partial charge in [0.05, 0.1) is 7.11 Å². The molecule has 1 saturated heterocycles. The number of ether oxygens (including phenoxy) is 1. The molecule has 100 valence electrons. The van der Waals surface area contributed by atoms with E-state index in [1.54, 1.807) is 7.11 Å². The van der Waals surface area contributed by atoms with Gasteiger partial charge >= 0.3 is 0 Å². The van der Waals surface area contributed by atoms with Gasteiger partial charge in [0, 0.05) is 18.2 Å². The molecule has 0 bridgehead atoms.